The van der Waals surface area contributed by atoms with Gasteiger partial charge in [-0.05, 0) is 32.6 Å². The fraction of sp³-hybridized carbons (Fsp3) is 0.850. The summed E-state index contributed by atoms with van der Waals surface area (Å²) in [5, 5.41) is 0. The molecule has 3 aliphatic heterocycles. The average molecular weight is 384 g/mol. The van der Waals surface area contributed by atoms with Crippen molar-refractivity contribution in [3.8, 4) is 0 Å². The molecule has 3 rings (SSSR count). The predicted octanol–water partition coefficient (Wildman–Crippen LogP) is 3.06. The van der Waals surface area contributed by atoms with Gasteiger partial charge in [-0.25, -0.2) is 4.79 Å². The Morgan fingerprint density at radius 1 is 0.889 bits per heavy atom. The number of rotatable bonds is 7. The van der Waals surface area contributed by atoms with Gasteiger partial charge in [-0.15, -0.1) is 0 Å². The van der Waals surface area contributed by atoms with Gasteiger partial charge in [0.2, 0.25) is 0 Å². The number of ether oxygens (including phenoxy) is 6. The van der Waals surface area contributed by atoms with Crippen LogP contribution in [0.4, 0.5) is 0 Å². The molecule has 0 amide bonds. The van der Waals surface area contributed by atoms with E-state index in [1.807, 2.05) is 27.7 Å². The maximum atomic E-state index is 11.8. The fourth-order valence-corrected chi connectivity index (χ4v) is 3.97. The summed E-state index contributed by atoms with van der Waals surface area (Å²) >= 11 is 0. The van der Waals surface area contributed by atoms with Crippen LogP contribution in [0.3, 0.4) is 0 Å². The third kappa shape index (κ3) is 3.68. The third-order valence-corrected chi connectivity index (χ3v) is 5.86. The second-order valence-corrected chi connectivity index (χ2v) is 7.52. The molecule has 3 fully saturated rings. The fourth-order valence-electron chi connectivity index (χ4n) is 3.97. The molecule has 7 nitrogen and oxygen atoms in total. The maximum Gasteiger partial charge on any atom is 0.333 e. The summed E-state index contributed by atoms with van der Waals surface area (Å²) in [6, 6.07) is 0. The highest BCUT2D eigenvalue weighted by atomic mass is 16.9. The van der Waals surface area contributed by atoms with E-state index in [0.717, 1.165) is 0 Å². The Balaban J connectivity index is 1.82. The molecule has 0 spiro atoms. The Morgan fingerprint density at radius 3 is 1.96 bits per heavy atom. The van der Waals surface area contributed by atoms with Crippen LogP contribution in [0.5, 0.6) is 0 Å². The molecule has 0 saturated carbocycles. The van der Waals surface area contributed by atoms with E-state index >= 15 is 0 Å². The molecule has 0 radical (unpaired) electrons. The molecule has 0 aromatic heterocycles. The van der Waals surface area contributed by atoms with E-state index < -0.39 is 36.0 Å². The summed E-state index contributed by atoms with van der Waals surface area (Å²) in [4.78, 5) is 11.8. The predicted molar refractivity (Wildman–Crippen MR) is 96.8 cm³/mol. The smallest absolute Gasteiger partial charge is 0.333 e. The summed E-state index contributed by atoms with van der Waals surface area (Å²) in [5.74, 6) is -1.82. The van der Waals surface area contributed by atoms with E-state index in [0.29, 0.717) is 31.3 Å². The maximum absolute atomic E-state index is 11.8. The molecule has 0 N–H and O–H groups in total. The molecule has 3 saturated heterocycles. The zero-order chi connectivity index (χ0) is 19.8. The first kappa shape index (κ1) is 20.7. The molecule has 0 aliphatic carbocycles. The van der Waals surface area contributed by atoms with Crippen LogP contribution in [0, 0.1) is 0 Å². The highest BCUT2D eigenvalue weighted by Crippen LogP contribution is 2.47. The first-order valence-corrected chi connectivity index (χ1v) is 10.0. The molecule has 0 aromatic rings. The van der Waals surface area contributed by atoms with Gasteiger partial charge in [-0.1, -0.05) is 34.3 Å². The molecule has 27 heavy (non-hydrogen) atoms. The van der Waals surface area contributed by atoms with Gasteiger partial charge in [0.15, 0.2) is 17.9 Å². The van der Waals surface area contributed by atoms with E-state index in [1.165, 1.54) is 0 Å². The van der Waals surface area contributed by atoms with Crippen molar-refractivity contribution >= 4 is 5.97 Å². The number of carbonyl (C=O) groups is 1. The van der Waals surface area contributed by atoms with Crippen molar-refractivity contribution in [2.45, 2.75) is 103 Å². The zero-order valence-electron chi connectivity index (χ0n) is 17.0. The minimum Gasteiger partial charge on any atom is -0.459 e. The van der Waals surface area contributed by atoms with Crippen LogP contribution in [0.15, 0.2) is 12.2 Å². The molecular weight excluding hydrogens is 352 g/mol. The molecule has 3 heterocycles. The van der Waals surface area contributed by atoms with E-state index in [1.54, 1.807) is 6.92 Å². The Hall–Kier alpha value is -0.990. The monoisotopic (exact) mass is 384 g/mol. The zero-order valence-corrected chi connectivity index (χ0v) is 17.0. The van der Waals surface area contributed by atoms with Crippen LogP contribution in [0.2, 0.25) is 0 Å². The Bertz CT molecular complexity index is 567. The van der Waals surface area contributed by atoms with E-state index in [-0.39, 0.29) is 18.8 Å². The van der Waals surface area contributed by atoms with Crippen molar-refractivity contribution < 1.29 is 33.2 Å². The van der Waals surface area contributed by atoms with Gasteiger partial charge in [0.1, 0.15) is 31.0 Å². The van der Waals surface area contributed by atoms with Gasteiger partial charge in [-0.2, -0.15) is 0 Å². The number of carbonyl (C=O) groups excluding carboxylic acids is 1. The van der Waals surface area contributed by atoms with Gasteiger partial charge >= 0.3 is 5.97 Å². The summed E-state index contributed by atoms with van der Waals surface area (Å²) < 4.78 is 36.6. The van der Waals surface area contributed by atoms with Crippen molar-refractivity contribution in [3.63, 3.8) is 0 Å². The summed E-state index contributed by atoms with van der Waals surface area (Å²) in [5.41, 5.74) is 0.344. The normalized spacial score (nSPS) is 36.1. The minimum absolute atomic E-state index is 0.0531. The molecule has 0 aromatic carbocycles. The number of hydrogen-bond donors (Lipinski definition) is 0. The molecule has 5 atom stereocenters. The third-order valence-electron chi connectivity index (χ3n) is 5.86. The van der Waals surface area contributed by atoms with E-state index in [4.69, 9.17) is 28.4 Å². The lowest BCUT2D eigenvalue weighted by Crippen LogP contribution is -2.56. The number of hydrogen-bond acceptors (Lipinski definition) is 7. The van der Waals surface area contributed by atoms with Crippen LogP contribution < -0.4 is 0 Å². The van der Waals surface area contributed by atoms with Gasteiger partial charge in [0.05, 0.1) is 0 Å². The van der Waals surface area contributed by atoms with E-state index in [2.05, 4.69) is 6.58 Å². The summed E-state index contributed by atoms with van der Waals surface area (Å²) in [6.07, 6.45) is 0.664. The highest BCUT2D eigenvalue weighted by Gasteiger charge is 2.62. The topological polar surface area (TPSA) is 72.5 Å². The van der Waals surface area contributed by atoms with Gasteiger partial charge < -0.3 is 28.4 Å². The van der Waals surface area contributed by atoms with Crippen LogP contribution in [0.1, 0.15) is 60.3 Å². The molecule has 3 aliphatic rings. The van der Waals surface area contributed by atoms with Crippen molar-refractivity contribution in [1.29, 1.82) is 0 Å². The molecule has 0 bridgehead atoms. The van der Waals surface area contributed by atoms with Crippen LogP contribution in [-0.2, 0) is 33.2 Å². The second-order valence-electron chi connectivity index (χ2n) is 7.52. The lowest BCUT2D eigenvalue weighted by atomic mass is 9.99. The molecular formula is C20H32O7. The lowest BCUT2D eigenvalue weighted by molar-refractivity contribution is -0.250. The van der Waals surface area contributed by atoms with Gasteiger partial charge in [-0.3, -0.25) is 0 Å². The van der Waals surface area contributed by atoms with Crippen LogP contribution in [0.25, 0.3) is 0 Å². The lowest BCUT2D eigenvalue weighted by Gasteiger charge is -2.36. The average Bonchev–Trinajstić information content (AvgIpc) is 3.25. The van der Waals surface area contributed by atoms with Crippen molar-refractivity contribution in [2.75, 3.05) is 6.61 Å². The standard InChI is InChI=1S/C20H32O7/c1-7-19(8-2)24-14-13(11-22-17(21)12(5)6)23-18-16(15(14)25-19)26-20(9-3,10-4)27-18/h13-16,18H,5,7-11H2,1-4,6H3/t13-,14-,15+,16+,18-/m1/s1. The quantitative estimate of drug-likeness (QED) is 0.493. The summed E-state index contributed by atoms with van der Waals surface area (Å²) in [6.45, 7) is 13.4. The largest absolute Gasteiger partial charge is 0.459 e. The minimum atomic E-state index is -0.684. The van der Waals surface area contributed by atoms with Crippen LogP contribution in [-0.4, -0.2) is 54.9 Å². The molecule has 7 heteroatoms. The van der Waals surface area contributed by atoms with E-state index in [9.17, 15) is 4.79 Å². The van der Waals surface area contributed by atoms with Crippen LogP contribution >= 0.6 is 0 Å². The number of esters is 1. The first-order valence-electron chi connectivity index (χ1n) is 10.0. The van der Waals surface area contributed by atoms with Gasteiger partial charge in [0.25, 0.3) is 0 Å². The Morgan fingerprint density at radius 2 is 1.41 bits per heavy atom. The van der Waals surface area contributed by atoms with Crippen molar-refractivity contribution in [2.24, 2.45) is 0 Å². The second kappa shape index (κ2) is 7.79. The number of fused-ring (bicyclic) bond motifs is 3. The molecule has 0 unspecified atom stereocenters. The van der Waals surface area contributed by atoms with Crippen molar-refractivity contribution in [1.82, 2.24) is 0 Å². The summed E-state index contributed by atoms with van der Waals surface area (Å²) in [7, 11) is 0. The Labute approximate surface area is 161 Å². The first-order chi connectivity index (χ1) is 12.8. The van der Waals surface area contributed by atoms with Crippen molar-refractivity contribution in [3.05, 3.63) is 12.2 Å². The molecule has 154 valence electrons. The Kier molecular flexibility index (Phi) is 5.99. The highest BCUT2D eigenvalue weighted by molar-refractivity contribution is 5.86. The SMILES string of the molecule is C=C(C)C(=O)OC[C@H]1O[C@@H]2OC(CC)(CC)O[C@H]2[C@H]2OC(CC)(CC)O[C@@H]21. The van der Waals surface area contributed by atoms with Gasteiger partial charge in [0, 0.05) is 5.57 Å².